The second kappa shape index (κ2) is 4.83. The number of aliphatic carboxylic acids is 1. The van der Waals surface area contributed by atoms with Gasteiger partial charge in [-0.1, -0.05) is 18.2 Å². The number of rotatable bonds is 3. The first-order valence-corrected chi connectivity index (χ1v) is 5.44. The van der Waals surface area contributed by atoms with Gasteiger partial charge in [-0.15, -0.1) is 0 Å². The van der Waals surface area contributed by atoms with Crippen molar-refractivity contribution < 1.29 is 14.7 Å². The number of hydrogen-bond donors (Lipinski definition) is 2. The lowest BCUT2D eigenvalue weighted by atomic mass is 10.1. The van der Waals surface area contributed by atoms with Crippen LogP contribution in [0.5, 0.6) is 0 Å². The van der Waals surface area contributed by atoms with Gasteiger partial charge in [0.25, 0.3) is 0 Å². The number of carboxylic acids is 1. The zero-order valence-corrected chi connectivity index (χ0v) is 9.80. The zero-order valence-electron chi connectivity index (χ0n) is 9.80. The Kier molecular flexibility index (Phi) is 3.23. The molecule has 0 aliphatic carbocycles. The number of carbonyl (C=O) groups excluding carboxylic acids is 1. The fraction of sp³-hybridized carbons (Fsp3) is 0.154. The van der Waals surface area contributed by atoms with Crippen molar-refractivity contribution in [3.63, 3.8) is 0 Å². The van der Waals surface area contributed by atoms with Gasteiger partial charge in [-0.25, -0.2) is 0 Å². The molecule has 0 radical (unpaired) electrons. The van der Waals surface area contributed by atoms with E-state index in [4.69, 9.17) is 5.11 Å². The predicted octanol–water partition coefficient (Wildman–Crippen LogP) is 1.96. The van der Waals surface area contributed by atoms with Crippen LogP contribution in [0.25, 0.3) is 10.9 Å². The smallest absolute Gasteiger partial charge is 0.312 e. The number of fused-ring (bicyclic) bond motifs is 1. The van der Waals surface area contributed by atoms with E-state index in [2.05, 4.69) is 10.3 Å². The molecule has 0 atom stereocenters. The topological polar surface area (TPSA) is 79.3 Å². The van der Waals surface area contributed by atoms with Crippen LogP contribution >= 0.6 is 0 Å². The summed E-state index contributed by atoms with van der Waals surface area (Å²) < 4.78 is 0. The molecule has 18 heavy (non-hydrogen) atoms. The third-order valence-electron chi connectivity index (χ3n) is 2.43. The number of carbonyl (C=O) groups is 2. The molecule has 0 aliphatic rings. The summed E-state index contributed by atoms with van der Waals surface area (Å²) in [5.74, 6) is -1.69. The molecule has 2 aromatic rings. The van der Waals surface area contributed by atoms with Gasteiger partial charge < -0.3 is 10.4 Å². The molecule has 0 saturated carbocycles. The van der Waals surface area contributed by atoms with E-state index in [-0.39, 0.29) is 0 Å². The minimum absolute atomic E-state index is 0.543. The van der Waals surface area contributed by atoms with Gasteiger partial charge in [-0.2, -0.15) is 0 Å². The summed E-state index contributed by atoms with van der Waals surface area (Å²) in [6, 6.07) is 9.10. The Morgan fingerprint density at radius 3 is 2.78 bits per heavy atom. The predicted molar refractivity (Wildman–Crippen MR) is 67.4 cm³/mol. The Hall–Kier alpha value is -2.43. The van der Waals surface area contributed by atoms with E-state index < -0.39 is 18.3 Å². The molecule has 2 N–H and O–H groups in total. The molecular weight excluding hydrogens is 232 g/mol. The summed E-state index contributed by atoms with van der Waals surface area (Å²) in [5, 5.41) is 11.9. The molecule has 1 heterocycles. The van der Waals surface area contributed by atoms with Crippen molar-refractivity contribution in [2.75, 3.05) is 5.32 Å². The fourth-order valence-corrected chi connectivity index (χ4v) is 1.74. The van der Waals surface area contributed by atoms with Gasteiger partial charge in [-0.05, 0) is 19.1 Å². The number of amides is 1. The number of carboxylic acid groups (broad SMARTS) is 1. The zero-order chi connectivity index (χ0) is 13.1. The van der Waals surface area contributed by atoms with Gasteiger partial charge in [0.05, 0.1) is 11.2 Å². The highest BCUT2D eigenvalue weighted by Gasteiger charge is 2.10. The van der Waals surface area contributed by atoms with E-state index in [9.17, 15) is 9.59 Å². The SMILES string of the molecule is Cc1cc(NC(=O)CC(=O)O)c2ccccc2n1. The Morgan fingerprint density at radius 1 is 1.33 bits per heavy atom. The third-order valence-corrected chi connectivity index (χ3v) is 2.43. The lowest BCUT2D eigenvalue weighted by molar-refractivity contribution is -0.139. The van der Waals surface area contributed by atoms with Crippen LogP contribution in [0.3, 0.4) is 0 Å². The summed E-state index contributed by atoms with van der Waals surface area (Å²) in [4.78, 5) is 26.3. The second-order valence-electron chi connectivity index (χ2n) is 3.95. The summed E-state index contributed by atoms with van der Waals surface area (Å²) in [5.41, 5.74) is 2.12. The van der Waals surface area contributed by atoms with Crippen molar-refractivity contribution in [1.82, 2.24) is 4.98 Å². The van der Waals surface area contributed by atoms with Crippen molar-refractivity contribution in [2.45, 2.75) is 13.3 Å². The summed E-state index contributed by atoms with van der Waals surface area (Å²) in [7, 11) is 0. The number of nitrogens with one attached hydrogen (secondary N) is 1. The number of pyridine rings is 1. The number of para-hydroxylation sites is 1. The number of aromatic nitrogens is 1. The molecule has 0 aliphatic heterocycles. The van der Waals surface area contributed by atoms with Crippen LogP contribution in [0.4, 0.5) is 5.69 Å². The van der Waals surface area contributed by atoms with Gasteiger partial charge in [0.2, 0.25) is 5.91 Å². The highest BCUT2D eigenvalue weighted by Crippen LogP contribution is 2.22. The van der Waals surface area contributed by atoms with Crippen LogP contribution in [-0.2, 0) is 9.59 Å². The third kappa shape index (κ3) is 2.63. The number of hydrogen-bond acceptors (Lipinski definition) is 3. The van der Waals surface area contributed by atoms with E-state index in [1.807, 2.05) is 31.2 Å². The molecule has 0 unspecified atom stereocenters. The van der Waals surface area contributed by atoms with Crippen LogP contribution in [-0.4, -0.2) is 22.0 Å². The average Bonchev–Trinajstić information content (AvgIpc) is 2.27. The monoisotopic (exact) mass is 244 g/mol. The van der Waals surface area contributed by atoms with Crippen molar-refractivity contribution in [2.24, 2.45) is 0 Å². The van der Waals surface area contributed by atoms with E-state index in [1.165, 1.54) is 0 Å². The lowest BCUT2D eigenvalue weighted by Crippen LogP contribution is -2.16. The maximum absolute atomic E-state index is 11.5. The van der Waals surface area contributed by atoms with Crippen molar-refractivity contribution >= 4 is 28.5 Å². The normalized spacial score (nSPS) is 10.3. The van der Waals surface area contributed by atoms with Crippen LogP contribution < -0.4 is 5.32 Å². The second-order valence-corrected chi connectivity index (χ2v) is 3.95. The molecule has 0 bridgehead atoms. The van der Waals surface area contributed by atoms with Crippen LogP contribution in [0.15, 0.2) is 30.3 Å². The van der Waals surface area contributed by atoms with Gasteiger partial charge in [-0.3, -0.25) is 14.6 Å². The quantitative estimate of drug-likeness (QED) is 0.809. The maximum Gasteiger partial charge on any atom is 0.312 e. The molecule has 0 fully saturated rings. The first kappa shape index (κ1) is 12.0. The van der Waals surface area contributed by atoms with Crippen molar-refractivity contribution in [3.8, 4) is 0 Å². The summed E-state index contributed by atoms with van der Waals surface area (Å²) >= 11 is 0. The van der Waals surface area contributed by atoms with Crippen LogP contribution in [0, 0.1) is 6.92 Å². The molecule has 2 rings (SSSR count). The summed E-state index contributed by atoms with van der Waals surface area (Å²) in [6.07, 6.45) is -0.546. The minimum atomic E-state index is -1.15. The largest absolute Gasteiger partial charge is 0.481 e. The highest BCUT2D eigenvalue weighted by atomic mass is 16.4. The van der Waals surface area contributed by atoms with Crippen LogP contribution in [0.1, 0.15) is 12.1 Å². The van der Waals surface area contributed by atoms with Gasteiger partial charge in [0.15, 0.2) is 0 Å². The van der Waals surface area contributed by atoms with Gasteiger partial charge in [0.1, 0.15) is 6.42 Å². The average molecular weight is 244 g/mol. The molecule has 5 nitrogen and oxygen atoms in total. The fourth-order valence-electron chi connectivity index (χ4n) is 1.74. The molecule has 5 heteroatoms. The maximum atomic E-state index is 11.5. The molecule has 92 valence electrons. The molecule has 1 aromatic carbocycles. The Bertz CT molecular complexity index is 623. The Balaban J connectivity index is 2.38. The highest BCUT2D eigenvalue weighted by molar-refractivity contribution is 6.06. The van der Waals surface area contributed by atoms with Gasteiger partial charge in [0, 0.05) is 11.1 Å². The summed E-state index contributed by atoms with van der Waals surface area (Å²) in [6.45, 7) is 1.82. The van der Waals surface area contributed by atoms with Gasteiger partial charge >= 0.3 is 5.97 Å². The van der Waals surface area contributed by atoms with E-state index in [0.29, 0.717) is 5.69 Å². The first-order valence-electron chi connectivity index (χ1n) is 5.44. The molecule has 0 saturated heterocycles. The van der Waals surface area contributed by atoms with Crippen molar-refractivity contribution in [1.29, 1.82) is 0 Å². The van der Waals surface area contributed by atoms with Crippen LogP contribution in [0.2, 0.25) is 0 Å². The van der Waals surface area contributed by atoms with Crippen molar-refractivity contribution in [3.05, 3.63) is 36.0 Å². The Morgan fingerprint density at radius 2 is 2.06 bits per heavy atom. The van der Waals surface area contributed by atoms with E-state index in [0.717, 1.165) is 16.6 Å². The van der Waals surface area contributed by atoms with E-state index >= 15 is 0 Å². The molecular formula is C13H12N2O3. The number of anilines is 1. The standard InChI is InChI=1S/C13H12N2O3/c1-8-6-11(15-12(16)7-13(17)18)9-4-2-3-5-10(9)14-8/h2-6H,7H2,1H3,(H,17,18)(H,14,15,16). The number of aryl methyl sites for hydroxylation is 1. The number of nitrogens with zero attached hydrogens (tertiary/aromatic N) is 1. The first-order chi connectivity index (χ1) is 8.56. The molecule has 1 amide bonds. The number of benzene rings is 1. The molecule has 1 aromatic heterocycles. The Labute approximate surface area is 103 Å². The van der Waals surface area contributed by atoms with E-state index in [1.54, 1.807) is 6.07 Å². The molecule has 0 spiro atoms. The lowest BCUT2D eigenvalue weighted by Gasteiger charge is -2.08. The minimum Gasteiger partial charge on any atom is -0.481 e.